The first-order valence-corrected chi connectivity index (χ1v) is 6.07. The summed E-state index contributed by atoms with van der Waals surface area (Å²) in [6.45, 7) is 4.46. The standard InChI is InChI=1S/C14H16N2O3/c1-9(2)11-5-3-4-6-13(11)19-8-10-7-12(14(17)18)16-15-10/h3-7,9H,8H2,1-2H3,(H,15,16)(H,17,18). The van der Waals surface area contributed by atoms with Crippen molar-refractivity contribution in [3.8, 4) is 5.75 Å². The third kappa shape index (κ3) is 3.13. The van der Waals surface area contributed by atoms with Crippen LogP contribution < -0.4 is 4.74 Å². The Morgan fingerprint density at radius 3 is 2.79 bits per heavy atom. The van der Waals surface area contributed by atoms with Crippen molar-refractivity contribution in [2.75, 3.05) is 0 Å². The smallest absolute Gasteiger partial charge is 0.356 e. The number of aromatic amines is 1. The minimum atomic E-state index is -1.05. The fourth-order valence-corrected chi connectivity index (χ4v) is 1.79. The number of aromatic carboxylic acids is 1. The number of carbonyl (C=O) groups is 1. The molecular weight excluding hydrogens is 244 g/mol. The topological polar surface area (TPSA) is 75.2 Å². The number of nitrogens with one attached hydrogen (secondary N) is 1. The quantitative estimate of drug-likeness (QED) is 0.866. The molecule has 5 heteroatoms. The van der Waals surface area contributed by atoms with E-state index in [1.165, 1.54) is 6.07 Å². The molecule has 1 aromatic heterocycles. The SMILES string of the molecule is CC(C)c1ccccc1OCc1cc(C(=O)O)n[nH]1. The monoisotopic (exact) mass is 260 g/mol. The highest BCUT2D eigenvalue weighted by Crippen LogP contribution is 2.26. The number of carboxylic acid groups (broad SMARTS) is 1. The summed E-state index contributed by atoms with van der Waals surface area (Å²) >= 11 is 0. The van der Waals surface area contributed by atoms with Gasteiger partial charge in [-0.25, -0.2) is 4.79 Å². The molecule has 0 atom stereocenters. The van der Waals surface area contributed by atoms with Crippen LogP contribution in [0.5, 0.6) is 5.75 Å². The first-order valence-electron chi connectivity index (χ1n) is 6.07. The van der Waals surface area contributed by atoms with Gasteiger partial charge in [0.2, 0.25) is 0 Å². The first kappa shape index (κ1) is 13.1. The van der Waals surface area contributed by atoms with E-state index in [1.54, 1.807) is 0 Å². The molecular formula is C14H16N2O3. The van der Waals surface area contributed by atoms with Crippen molar-refractivity contribution in [1.82, 2.24) is 10.2 Å². The van der Waals surface area contributed by atoms with Gasteiger partial charge < -0.3 is 9.84 Å². The summed E-state index contributed by atoms with van der Waals surface area (Å²) in [5.74, 6) is 0.126. The Morgan fingerprint density at radius 1 is 1.42 bits per heavy atom. The maximum Gasteiger partial charge on any atom is 0.356 e. The molecule has 2 rings (SSSR count). The third-order valence-corrected chi connectivity index (χ3v) is 2.77. The van der Waals surface area contributed by atoms with Gasteiger partial charge in [0, 0.05) is 0 Å². The van der Waals surface area contributed by atoms with Crippen molar-refractivity contribution in [2.24, 2.45) is 0 Å². The van der Waals surface area contributed by atoms with Crippen molar-refractivity contribution >= 4 is 5.97 Å². The van der Waals surface area contributed by atoms with Crippen LogP contribution in [0.1, 0.15) is 41.5 Å². The van der Waals surface area contributed by atoms with Gasteiger partial charge in [-0.15, -0.1) is 0 Å². The van der Waals surface area contributed by atoms with Crippen molar-refractivity contribution in [3.63, 3.8) is 0 Å². The van der Waals surface area contributed by atoms with Crippen LogP contribution in [0.15, 0.2) is 30.3 Å². The van der Waals surface area contributed by atoms with Gasteiger partial charge in [0.05, 0.1) is 5.69 Å². The summed E-state index contributed by atoms with van der Waals surface area (Å²) in [5, 5.41) is 15.1. The molecule has 1 heterocycles. The number of ether oxygens (including phenoxy) is 1. The normalized spacial score (nSPS) is 10.7. The van der Waals surface area contributed by atoms with Crippen LogP contribution >= 0.6 is 0 Å². The molecule has 2 aromatic rings. The molecule has 0 unspecified atom stereocenters. The molecule has 0 amide bonds. The summed E-state index contributed by atoms with van der Waals surface area (Å²) in [7, 11) is 0. The molecule has 19 heavy (non-hydrogen) atoms. The van der Waals surface area contributed by atoms with E-state index in [1.807, 2.05) is 24.3 Å². The van der Waals surface area contributed by atoms with E-state index in [4.69, 9.17) is 9.84 Å². The molecule has 0 aliphatic carbocycles. The molecule has 0 saturated carbocycles. The fourth-order valence-electron chi connectivity index (χ4n) is 1.79. The van der Waals surface area contributed by atoms with Crippen LogP contribution in [0.4, 0.5) is 0 Å². The largest absolute Gasteiger partial charge is 0.487 e. The van der Waals surface area contributed by atoms with Crippen LogP contribution in [-0.2, 0) is 6.61 Å². The van der Waals surface area contributed by atoms with E-state index in [0.717, 1.165) is 11.3 Å². The van der Waals surface area contributed by atoms with Crippen LogP contribution in [0.25, 0.3) is 0 Å². The second-order valence-corrected chi connectivity index (χ2v) is 4.56. The minimum Gasteiger partial charge on any atom is -0.487 e. The minimum absolute atomic E-state index is 0.00394. The number of aromatic nitrogens is 2. The summed E-state index contributed by atoms with van der Waals surface area (Å²) in [6, 6.07) is 9.29. The summed E-state index contributed by atoms with van der Waals surface area (Å²) in [4.78, 5) is 10.7. The molecule has 0 aliphatic rings. The molecule has 0 saturated heterocycles. The number of nitrogens with zero attached hydrogens (tertiary/aromatic N) is 1. The van der Waals surface area contributed by atoms with Crippen LogP contribution in [0.2, 0.25) is 0 Å². The van der Waals surface area contributed by atoms with Crippen molar-refractivity contribution in [2.45, 2.75) is 26.4 Å². The average molecular weight is 260 g/mol. The van der Waals surface area contributed by atoms with Gasteiger partial charge in [0.1, 0.15) is 12.4 Å². The molecule has 5 nitrogen and oxygen atoms in total. The summed E-state index contributed by atoms with van der Waals surface area (Å²) < 4.78 is 5.71. The Bertz CT molecular complexity index is 576. The lowest BCUT2D eigenvalue weighted by atomic mass is 10.0. The van der Waals surface area contributed by atoms with Gasteiger partial charge in [-0.3, -0.25) is 5.10 Å². The molecule has 0 spiro atoms. The zero-order valence-electron chi connectivity index (χ0n) is 10.9. The van der Waals surface area contributed by atoms with Gasteiger partial charge in [0.15, 0.2) is 5.69 Å². The highest BCUT2D eigenvalue weighted by atomic mass is 16.5. The summed E-state index contributed by atoms with van der Waals surface area (Å²) in [5.41, 5.74) is 1.76. The lowest BCUT2D eigenvalue weighted by molar-refractivity contribution is 0.0690. The lowest BCUT2D eigenvalue weighted by Crippen LogP contribution is -2.00. The number of benzene rings is 1. The third-order valence-electron chi connectivity index (χ3n) is 2.77. The highest BCUT2D eigenvalue weighted by Gasteiger charge is 2.10. The van der Waals surface area contributed by atoms with Crippen LogP contribution in [-0.4, -0.2) is 21.3 Å². The lowest BCUT2D eigenvalue weighted by Gasteiger charge is -2.12. The maximum atomic E-state index is 10.7. The van der Waals surface area contributed by atoms with E-state index in [0.29, 0.717) is 11.6 Å². The zero-order valence-corrected chi connectivity index (χ0v) is 10.9. The Hall–Kier alpha value is -2.30. The van der Waals surface area contributed by atoms with E-state index < -0.39 is 5.97 Å². The van der Waals surface area contributed by atoms with Crippen LogP contribution in [0.3, 0.4) is 0 Å². The number of H-pyrrole nitrogens is 1. The van der Waals surface area contributed by atoms with Crippen molar-refractivity contribution in [3.05, 3.63) is 47.3 Å². The van der Waals surface area contributed by atoms with Gasteiger partial charge in [-0.2, -0.15) is 5.10 Å². The van der Waals surface area contributed by atoms with Gasteiger partial charge in [0.25, 0.3) is 0 Å². The number of rotatable bonds is 5. The zero-order chi connectivity index (χ0) is 13.8. The van der Waals surface area contributed by atoms with Crippen LogP contribution in [0, 0.1) is 0 Å². The summed E-state index contributed by atoms with van der Waals surface area (Å²) in [6.07, 6.45) is 0. The van der Waals surface area contributed by atoms with Gasteiger partial charge in [-0.05, 0) is 23.6 Å². The highest BCUT2D eigenvalue weighted by molar-refractivity contribution is 5.85. The van der Waals surface area contributed by atoms with E-state index in [9.17, 15) is 4.79 Å². The second-order valence-electron chi connectivity index (χ2n) is 4.56. The number of hydrogen-bond acceptors (Lipinski definition) is 3. The molecule has 2 N–H and O–H groups in total. The van der Waals surface area contributed by atoms with E-state index in [-0.39, 0.29) is 12.3 Å². The van der Waals surface area contributed by atoms with E-state index in [2.05, 4.69) is 24.0 Å². The molecule has 100 valence electrons. The Kier molecular flexibility index (Phi) is 3.85. The first-order chi connectivity index (χ1) is 9.08. The molecule has 0 fully saturated rings. The number of hydrogen-bond donors (Lipinski definition) is 2. The molecule has 0 bridgehead atoms. The van der Waals surface area contributed by atoms with E-state index >= 15 is 0 Å². The van der Waals surface area contributed by atoms with Gasteiger partial charge >= 0.3 is 5.97 Å². The molecule has 0 radical (unpaired) electrons. The Morgan fingerprint density at radius 2 is 2.16 bits per heavy atom. The predicted molar refractivity (Wildman–Crippen MR) is 70.4 cm³/mol. The number of para-hydroxylation sites is 1. The Labute approximate surface area is 111 Å². The number of carboxylic acids is 1. The Balaban J connectivity index is 2.08. The molecule has 1 aromatic carbocycles. The molecule has 0 aliphatic heterocycles. The average Bonchev–Trinajstić information content (AvgIpc) is 2.85. The fraction of sp³-hybridized carbons (Fsp3) is 0.286. The predicted octanol–water partition coefficient (Wildman–Crippen LogP) is 2.81. The second kappa shape index (κ2) is 5.56. The van der Waals surface area contributed by atoms with Crippen molar-refractivity contribution < 1.29 is 14.6 Å². The van der Waals surface area contributed by atoms with Crippen molar-refractivity contribution in [1.29, 1.82) is 0 Å². The maximum absolute atomic E-state index is 10.7. The van der Waals surface area contributed by atoms with Gasteiger partial charge in [-0.1, -0.05) is 32.0 Å².